The molecule has 0 bridgehead atoms. The number of carboxylic acids is 1. The van der Waals surface area contributed by atoms with E-state index in [1.165, 1.54) is 4.90 Å². The van der Waals surface area contributed by atoms with E-state index in [9.17, 15) is 14.4 Å². The molecule has 1 aromatic rings. The van der Waals surface area contributed by atoms with Gasteiger partial charge in [0.25, 0.3) is 0 Å². The van der Waals surface area contributed by atoms with Crippen molar-refractivity contribution in [1.82, 2.24) is 0 Å². The third-order valence-corrected chi connectivity index (χ3v) is 3.16. The zero-order chi connectivity index (χ0) is 14.7. The Balaban J connectivity index is 2.12. The van der Waals surface area contributed by atoms with Crippen LogP contribution < -0.4 is 4.90 Å². The second kappa shape index (κ2) is 5.73. The predicted octanol–water partition coefficient (Wildman–Crippen LogP) is 1.30. The van der Waals surface area contributed by atoms with Gasteiger partial charge in [0.2, 0.25) is 5.91 Å². The van der Waals surface area contributed by atoms with Gasteiger partial charge in [-0.05, 0) is 31.2 Å². The Bertz CT molecular complexity index is 537. The lowest BCUT2D eigenvalue weighted by Gasteiger charge is -2.16. The smallest absolute Gasteiger partial charge is 0.338 e. The van der Waals surface area contributed by atoms with E-state index in [1.807, 2.05) is 0 Å². The standard InChI is InChI=1S/C14H15NO5/c1-2-20-14(19)9-3-5-11(6-4-9)15-8-10(13(17)18)7-12(15)16/h3-6,10H,2,7-8H2,1H3,(H,17,18)/t10-/m1/s1. The van der Waals surface area contributed by atoms with Crippen molar-refractivity contribution >= 4 is 23.5 Å². The second-order valence-electron chi connectivity index (χ2n) is 4.51. The van der Waals surface area contributed by atoms with Crippen LogP contribution in [0.15, 0.2) is 24.3 Å². The van der Waals surface area contributed by atoms with E-state index in [0.29, 0.717) is 17.9 Å². The summed E-state index contributed by atoms with van der Waals surface area (Å²) in [7, 11) is 0. The zero-order valence-electron chi connectivity index (χ0n) is 11.0. The van der Waals surface area contributed by atoms with Gasteiger partial charge in [-0.15, -0.1) is 0 Å². The quantitative estimate of drug-likeness (QED) is 0.839. The Morgan fingerprint density at radius 2 is 2.00 bits per heavy atom. The monoisotopic (exact) mass is 277 g/mol. The summed E-state index contributed by atoms with van der Waals surface area (Å²) in [5.74, 6) is -2.28. The van der Waals surface area contributed by atoms with Gasteiger partial charge in [0, 0.05) is 18.7 Å². The minimum atomic E-state index is -0.969. The number of hydrogen-bond acceptors (Lipinski definition) is 4. The normalized spacial score (nSPS) is 18.1. The molecule has 1 saturated heterocycles. The predicted molar refractivity (Wildman–Crippen MR) is 70.5 cm³/mol. The Kier molecular flexibility index (Phi) is 4.02. The maximum atomic E-state index is 11.8. The van der Waals surface area contributed by atoms with Gasteiger partial charge in [-0.2, -0.15) is 0 Å². The lowest BCUT2D eigenvalue weighted by Crippen LogP contribution is -2.25. The summed E-state index contributed by atoms with van der Waals surface area (Å²) >= 11 is 0. The van der Waals surface area contributed by atoms with Crippen LogP contribution in [0.25, 0.3) is 0 Å². The van der Waals surface area contributed by atoms with Crippen LogP contribution in [0.5, 0.6) is 0 Å². The highest BCUT2D eigenvalue weighted by Gasteiger charge is 2.34. The molecule has 106 valence electrons. The molecule has 1 amide bonds. The van der Waals surface area contributed by atoms with Crippen LogP contribution in [-0.2, 0) is 14.3 Å². The van der Waals surface area contributed by atoms with Gasteiger partial charge in [0.1, 0.15) is 0 Å². The molecule has 1 heterocycles. The topological polar surface area (TPSA) is 83.9 Å². The van der Waals surface area contributed by atoms with Crippen molar-refractivity contribution in [3.05, 3.63) is 29.8 Å². The van der Waals surface area contributed by atoms with Crippen LogP contribution in [0.3, 0.4) is 0 Å². The van der Waals surface area contributed by atoms with Crippen molar-refractivity contribution in [2.75, 3.05) is 18.1 Å². The number of carbonyl (C=O) groups excluding carboxylic acids is 2. The highest BCUT2D eigenvalue weighted by molar-refractivity contribution is 5.99. The number of anilines is 1. The van der Waals surface area contributed by atoms with Crippen molar-refractivity contribution < 1.29 is 24.2 Å². The first kappa shape index (κ1) is 14.0. The largest absolute Gasteiger partial charge is 0.481 e. The molecule has 1 fully saturated rings. The first-order valence-corrected chi connectivity index (χ1v) is 6.33. The minimum Gasteiger partial charge on any atom is -0.481 e. The molecule has 6 heteroatoms. The molecular weight excluding hydrogens is 262 g/mol. The molecule has 1 atom stereocenters. The minimum absolute atomic E-state index is 0.00889. The molecule has 1 N–H and O–H groups in total. The summed E-state index contributed by atoms with van der Waals surface area (Å²) in [5, 5.41) is 8.93. The lowest BCUT2D eigenvalue weighted by atomic mass is 10.1. The number of hydrogen-bond donors (Lipinski definition) is 1. The molecule has 0 saturated carbocycles. The highest BCUT2D eigenvalue weighted by atomic mass is 16.5. The number of carbonyl (C=O) groups is 3. The Labute approximate surface area is 115 Å². The van der Waals surface area contributed by atoms with Gasteiger partial charge >= 0.3 is 11.9 Å². The van der Waals surface area contributed by atoms with E-state index in [1.54, 1.807) is 31.2 Å². The number of esters is 1. The summed E-state index contributed by atoms with van der Waals surface area (Å²) in [6.07, 6.45) is 0.00889. The molecule has 0 unspecified atom stereocenters. The van der Waals surface area contributed by atoms with Crippen molar-refractivity contribution in [1.29, 1.82) is 0 Å². The third-order valence-electron chi connectivity index (χ3n) is 3.16. The van der Waals surface area contributed by atoms with E-state index < -0.39 is 17.9 Å². The first-order valence-electron chi connectivity index (χ1n) is 6.33. The Hall–Kier alpha value is -2.37. The Morgan fingerprint density at radius 3 is 2.50 bits per heavy atom. The second-order valence-corrected chi connectivity index (χ2v) is 4.51. The molecule has 1 aromatic carbocycles. The maximum Gasteiger partial charge on any atom is 0.338 e. The fraction of sp³-hybridized carbons (Fsp3) is 0.357. The van der Waals surface area contributed by atoms with E-state index in [4.69, 9.17) is 9.84 Å². The van der Waals surface area contributed by atoms with Gasteiger partial charge in [-0.3, -0.25) is 9.59 Å². The fourth-order valence-electron chi connectivity index (χ4n) is 2.11. The molecule has 0 aromatic heterocycles. The van der Waals surface area contributed by atoms with Crippen LogP contribution in [0, 0.1) is 5.92 Å². The van der Waals surface area contributed by atoms with Crippen LogP contribution >= 0.6 is 0 Å². The number of ether oxygens (including phenoxy) is 1. The van der Waals surface area contributed by atoms with Crippen molar-refractivity contribution in [3.8, 4) is 0 Å². The molecule has 20 heavy (non-hydrogen) atoms. The number of carboxylic acid groups (broad SMARTS) is 1. The zero-order valence-corrected chi connectivity index (χ0v) is 11.0. The number of rotatable bonds is 4. The van der Waals surface area contributed by atoms with E-state index in [2.05, 4.69) is 0 Å². The van der Waals surface area contributed by atoms with Crippen molar-refractivity contribution in [2.24, 2.45) is 5.92 Å². The van der Waals surface area contributed by atoms with E-state index in [-0.39, 0.29) is 18.9 Å². The van der Waals surface area contributed by atoms with Gasteiger partial charge in [-0.25, -0.2) is 4.79 Å². The SMILES string of the molecule is CCOC(=O)c1ccc(N2C[C@H](C(=O)O)CC2=O)cc1. The molecule has 0 radical (unpaired) electrons. The number of nitrogens with zero attached hydrogens (tertiary/aromatic N) is 1. The summed E-state index contributed by atoms with van der Waals surface area (Å²) < 4.78 is 4.87. The molecule has 6 nitrogen and oxygen atoms in total. The summed E-state index contributed by atoms with van der Waals surface area (Å²) in [5.41, 5.74) is 0.990. The molecule has 1 aliphatic heterocycles. The van der Waals surface area contributed by atoms with Gasteiger partial charge in [-0.1, -0.05) is 0 Å². The van der Waals surface area contributed by atoms with E-state index in [0.717, 1.165) is 0 Å². The van der Waals surface area contributed by atoms with Crippen molar-refractivity contribution in [3.63, 3.8) is 0 Å². The van der Waals surface area contributed by atoms with Gasteiger partial charge in [0.05, 0.1) is 18.1 Å². The third kappa shape index (κ3) is 2.79. The highest BCUT2D eigenvalue weighted by Crippen LogP contribution is 2.25. The fourth-order valence-corrected chi connectivity index (χ4v) is 2.11. The molecule has 0 spiro atoms. The average Bonchev–Trinajstić information content (AvgIpc) is 2.81. The molecule has 1 aliphatic rings. The number of amides is 1. The molecule has 0 aliphatic carbocycles. The number of aliphatic carboxylic acids is 1. The van der Waals surface area contributed by atoms with Crippen molar-refractivity contribution in [2.45, 2.75) is 13.3 Å². The average molecular weight is 277 g/mol. The summed E-state index contributed by atoms with van der Waals surface area (Å²) in [6, 6.07) is 6.37. The van der Waals surface area contributed by atoms with E-state index >= 15 is 0 Å². The molecule has 2 rings (SSSR count). The lowest BCUT2D eigenvalue weighted by molar-refractivity contribution is -0.141. The van der Waals surface area contributed by atoms with Crippen LogP contribution in [0.1, 0.15) is 23.7 Å². The molecular formula is C14H15NO5. The van der Waals surface area contributed by atoms with Crippen LogP contribution in [0.4, 0.5) is 5.69 Å². The van der Waals surface area contributed by atoms with Gasteiger partial charge < -0.3 is 14.7 Å². The summed E-state index contributed by atoms with van der Waals surface area (Å²) in [4.78, 5) is 35.6. The first-order chi connectivity index (χ1) is 9.52. The maximum absolute atomic E-state index is 11.8. The van der Waals surface area contributed by atoms with Crippen LogP contribution in [-0.4, -0.2) is 36.1 Å². The summed E-state index contributed by atoms with van der Waals surface area (Å²) in [6.45, 7) is 2.18. The van der Waals surface area contributed by atoms with Crippen LogP contribution in [0.2, 0.25) is 0 Å². The Morgan fingerprint density at radius 1 is 1.35 bits per heavy atom. The number of benzene rings is 1. The van der Waals surface area contributed by atoms with Gasteiger partial charge in [0.15, 0.2) is 0 Å².